The summed E-state index contributed by atoms with van der Waals surface area (Å²) in [6, 6.07) is 12.9. The van der Waals surface area contributed by atoms with Crippen molar-refractivity contribution < 1.29 is 9.59 Å². The first-order valence-electron chi connectivity index (χ1n) is 7.57. The van der Waals surface area contributed by atoms with Crippen LogP contribution < -0.4 is 10.6 Å². The molecular formula is C18H13N3O2S2. The van der Waals surface area contributed by atoms with Gasteiger partial charge in [-0.3, -0.25) is 9.59 Å². The summed E-state index contributed by atoms with van der Waals surface area (Å²) >= 11 is 3.04. The van der Waals surface area contributed by atoms with Crippen LogP contribution in [0, 0.1) is 0 Å². The van der Waals surface area contributed by atoms with Crippen molar-refractivity contribution in [1.29, 1.82) is 0 Å². The van der Waals surface area contributed by atoms with Gasteiger partial charge < -0.3 is 10.6 Å². The smallest absolute Gasteiger partial charge is 0.255 e. The zero-order valence-corrected chi connectivity index (χ0v) is 14.6. The number of hydrogen-bond donors (Lipinski definition) is 2. The second kappa shape index (κ2) is 6.70. The number of nitrogens with zero attached hydrogens (tertiary/aromatic N) is 1. The Labute approximate surface area is 152 Å². The lowest BCUT2D eigenvalue weighted by Gasteiger charge is -2.17. The molecule has 1 aromatic heterocycles. The molecule has 25 heavy (non-hydrogen) atoms. The van der Waals surface area contributed by atoms with Crippen LogP contribution in [0.15, 0.2) is 58.9 Å². The Balaban J connectivity index is 1.50. The first-order valence-corrected chi connectivity index (χ1v) is 9.43. The molecule has 0 bridgehead atoms. The third-order valence-electron chi connectivity index (χ3n) is 3.70. The highest BCUT2D eigenvalue weighted by atomic mass is 32.2. The molecule has 0 aliphatic carbocycles. The molecule has 0 unspecified atom stereocenters. The normalized spacial score (nSPS) is 13.0. The van der Waals surface area contributed by atoms with E-state index in [1.165, 1.54) is 11.8 Å². The van der Waals surface area contributed by atoms with E-state index in [0.29, 0.717) is 22.7 Å². The van der Waals surface area contributed by atoms with E-state index in [1.54, 1.807) is 29.7 Å². The Hall–Kier alpha value is -2.64. The third kappa shape index (κ3) is 3.42. The summed E-state index contributed by atoms with van der Waals surface area (Å²) in [6.07, 6.45) is 1.77. The number of thiazole rings is 1. The minimum absolute atomic E-state index is 0.0483. The fraction of sp³-hybridized carbons (Fsp3) is 0.0556. The quantitative estimate of drug-likeness (QED) is 0.731. The molecule has 4 rings (SSSR count). The molecule has 2 amide bonds. The molecule has 0 fully saturated rings. The summed E-state index contributed by atoms with van der Waals surface area (Å²) < 4.78 is 0. The predicted molar refractivity (Wildman–Crippen MR) is 101 cm³/mol. The molecule has 2 aromatic carbocycles. The number of anilines is 2. The maximum atomic E-state index is 12.5. The number of carbonyl (C=O) groups excluding carboxylic acids is 2. The van der Waals surface area contributed by atoms with Crippen molar-refractivity contribution in [3.8, 4) is 10.6 Å². The number of thioether (sulfide) groups is 1. The first kappa shape index (κ1) is 15.9. The average Bonchev–Trinajstić information content (AvgIpc) is 3.16. The van der Waals surface area contributed by atoms with Gasteiger partial charge in [-0.1, -0.05) is 0 Å². The van der Waals surface area contributed by atoms with Crippen LogP contribution in [0.2, 0.25) is 0 Å². The molecule has 0 saturated carbocycles. The lowest BCUT2D eigenvalue weighted by molar-refractivity contribution is -0.113. The van der Waals surface area contributed by atoms with Gasteiger partial charge in [0.15, 0.2) is 0 Å². The van der Waals surface area contributed by atoms with Gasteiger partial charge in [0.25, 0.3) is 5.91 Å². The maximum absolute atomic E-state index is 12.5. The largest absolute Gasteiger partial charge is 0.324 e. The van der Waals surface area contributed by atoms with E-state index in [1.807, 2.05) is 35.7 Å². The van der Waals surface area contributed by atoms with Crippen molar-refractivity contribution in [2.24, 2.45) is 0 Å². The van der Waals surface area contributed by atoms with E-state index in [-0.39, 0.29) is 11.8 Å². The molecule has 7 heteroatoms. The number of benzene rings is 2. The van der Waals surface area contributed by atoms with Crippen LogP contribution >= 0.6 is 23.1 Å². The Bertz CT molecular complexity index is 937. The average molecular weight is 367 g/mol. The maximum Gasteiger partial charge on any atom is 0.255 e. The molecule has 2 heterocycles. The van der Waals surface area contributed by atoms with Crippen molar-refractivity contribution in [2.75, 3.05) is 16.4 Å². The fourth-order valence-corrected chi connectivity index (χ4v) is 3.92. The van der Waals surface area contributed by atoms with Crippen molar-refractivity contribution in [1.82, 2.24) is 4.98 Å². The number of nitrogens with one attached hydrogen (secondary N) is 2. The number of hydrogen-bond acceptors (Lipinski definition) is 5. The van der Waals surface area contributed by atoms with E-state index in [9.17, 15) is 9.59 Å². The van der Waals surface area contributed by atoms with Gasteiger partial charge in [-0.25, -0.2) is 4.98 Å². The highest BCUT2D eigenvalue weighted by molar-refractivity contribution is 8.00. The molecule has 1 aliphatic rings. The second-order valence-corrected chi connectivity index (χ2v) is 7.33. The number of amides is 2. The van der Waals surface area contributed by atoms with E-state index in [4.69, 9.17) is 0 Å². The minimum Gasteiger partial charge on any atom is -0.324 e. The summed E-state index contributed by atoms with van der Waals surface area (Å²) in [4.78, 5) is 29.2. The minimum atomic E-state index is -0.213. The summed E-state index contributed by atoms with van der Waals surface area (Å²) in [6.45, 7) is 0. The van der Waals surface area contributed by atoms with Crippen molar-refractivity contribution in [2.45, 2.75) is 4.90 Å². The van der Waals surface area contributed by atoms with Gasteiger partial charge >= 0.3 is 0 Å². The highest BCUT2D eigenvalue weighted by Crippen LogP contribution is 2.32. The van der Waals surface area contributed by atoms with Gasteiger partial charge in [-0.15, -0.1) is 23.1 Å². The van der Waals surface area contributed by atoms with Crippen LogP contribution in [-0.2, 0) is 4.79 Å². The van der Waals surface area contributed by atoms with Crippen LogP contribution in [0.5, 0.6) is 0 Å². The number of carbonyl (C=O) groups is 2. The molecule has 5 nitrogen and oxygen atoms in total. The zero-order chi connectivity index (χ0) is 17.2. The van der Waals surface area contributed by atoms with Gasteiger partial charge in [0.1, 0.15) is 5.01 Å². The fourth-order valence-electron chi connectivity index (χ4n) is 2.49. The number of aromatic nitrogens is 1. The van der Waals surface area contributed by atoms with Gasteiger partial charge in [-0.05, 0) is 42.5 Å². The predicted octanol–water partition coefficient (Wildman–Crippen LogP) is 4.11. The molecule has 3 aromatic rings. The molecule has 0 atom stereocenters. The van der Waals surface area contributed by atoms with Crippen LogP contribution in [0.3, 0.4) is 0 Å². The molecule has 0 spiro atoms. The van der Waals surface area contributed by atoms with E-state index >= 15 is 0 Å². The lowest BCUT2D eigenvalue weighted by Crippen LogP contribution is -2.19. The summed E-state index contributed by atoms with van der Waals surface area (Å²) in [5.74, 6) is 0.145. The molecule has 0 radical (unpaired) electrons. The Morgan fingerprint density at radius 1 is 1.16 bits per heavy atom. The summed E-state index contributed by atoms with van der Waals surface area (Å²) in [7, 11) is 0. The summed E-state index contributed by atoms with van der Waals surface area (Å²) in [5.41, 5.74) is 2.92. The summed E-state index contributed by atoms with van der Waals surface area (Å²) in [5, 5.41) is 8.54. The third-order valence-corrected chi connectivity index (χ3v) is 5.59. The van der Waals surface area contributed by atoms with Crippen molar-refractivity contribution in [3.05, 3.63) is 59.6 Å². The topological polar surface area (TPSA) is 71.1 Å². The Morgan fingerprint density at radius 3 is 2.76 bits per heavy atom. The van der Waals surface area contributed by atoms with Crippen LogP contribution in [0.25, 0.3) is 10.6 Å². The van der Waals surface area contributed by atoms with Crippen LogP contribution in [0.1, 0.15) is 10.4 Å². The Kier molecular flexibility index (Phi) is 4.25. The van der Waals surface area contributed by atoms with Crippen LogP contribution in [-0.4, -0.2) is 22.6 Å². The van der Waals surface area contributed by atoms with Crippen molar-refractivity contribution in [3.63, 3.8) is 0 Å². The van der Waals surface area contributed by atoms with Gasteiger partial charge in [-0.2, -0.15) is 0 Å². The zero-order valence-electron chi connectivity index (χ0n) is 13.0. The molecular weight excluding hydrogens is 354 g/mol. The first-order chi connectivity index (χ1) is 12.2. The van der Waals surface area contributed by atoms with E-state index in [2.05, 4.69) is 15.6 Å². The number of fused-ring (bicyclic) bond motifs is 1. The van der Waals surface area contributed by atoms with E-state index < -0.39 is 0 Å². The second-order valence-electron chi connectivity index (χ2n) is 5.42. The SMILES string of the molecule is O=C1CSc2ccc(C(=O)Nc3ccc(-c4nccs4)cc3)cc2N1. The molecule has 0 saturated heterocycles. The molecule has 124 valence electrons. The lowest BCUT2D eigenvalue weighted by atomic mass is 10.1. The molecule has 1 aliphatic heterocycles. The van der Waals surface area contributed by atoms with Gasteiger partial charge in [0, 0.05) is 33.3 Å². The van der Waals surface area contributed by atoms with Crippen LogP contribution in [0.4, 0.5) is 11.4 Å². The standard InChI is InChI=1S/C18H13N3O2S2/c22-16-10-25-15-6-3-12(9-14(15)21-16)17(23)20-13-4-1-11(2-5-13)18-19-7-8-24-18/h1-9H,10H2,(H,20,23)(H,21,22). The number of rotatable bonds is 3. The van der Waals surface area contributed by atoms with Crippen molar-refractivity contribution >= 4 is 46.3 Å². The van der Waals surface area contributed by atoms with E-state index in [0.717, 1.165) is 15.5 Å². The van der Waals surface area contributed by atoms with Gasteiger partial charge in [0.05, 0.1) is 11.4 Å². The van der Waals surface area contributed by atoms with Gasteiger partial charge in [0.2, 0.25) is 5.91 Å². The molecule has 2 N–H and O–H groups in total. The highest BCUT2D eigenvalue weighted by Gasteiger charge is 2.17. The Morgan fingerprint density at radius 2 is 2.00 bits per heavy atom. The monoisotopic (exact) mass is 367 g/mol.